The Balaban J connectivity index is 3.90. The van der Waals surface area contributed by atoms with E-state index in [1.807, 2.05) is 0 Å². The van der Waals surface area contributed by atoms with Crippen LogP contribution in [0.15, 0.2) is 12.2 Å². The van der Waals surface area contributed by atoms with Crippen molar-refractivity contribution in [2.24, 2.45) is 5.73 Å². The number of rotatable bonds is 2. The topological polar surface area (TPSA) is 63.4 Å². The first-order valence-corrected chi connectivity index (χ1v) is 2.73. The lowest BCUT2D eigenvalue weighted by atomic mass is 10.4. The zero-order valence-electron chi connectivity index (χ0n) is 6.00. The second-order valence-electron chi connectivity index (χ2n) is 1.97. The lowest BCUT2D eigenvalue weighted by Crippen LogP contribution is -2.19. The van der Waals surface area contributed by atoms with Gasteiger partial charge in [0.25, 0.3) is 0 Å². The molecule has 0 radical (unpaired) electrons. The van der Waals surface area contributed by atoms with Crippen molar-refractivity contribution >= 4 is 11.8 Å². The van der Waals surface area contributed by atoms with Crippen LogP contribution in [0, 0.1) is 0 Å². The lowest BCUT2D eigenvalue weighted by Gasteiger charge is -2.04. The highest BCUT2D eigenvalue weighted by Gasteiger charge is 1.96. The molecule has 0 bridgehead atoms. The highest BCUT2D eigenvalue weighted by Crippen LogP contribution is 1.79. The van der Waals surface area contributed by atoms with Gasteiger partial charge in [0.05, 0.1) is 0 Å². The summed E-state index contributed by atoms with van der Waals surface area (Å²) in [5, 5.41) is 0. The van der Waals surface area contributed by atoms with Gasteiger partial charge < -0.3 is 10.6 Å². The Morgan fingerprint density at radius 2 is 1.80 bits per heavy atom. The zero-order chi connectivity index (χ0) is 8.15. The van der Waals surface area contributed by atoms with E-state index in [2.05, 4.69) is 0 Å². The van der Waals surface area contributed by atoms with E-state index in [9.17, 15) is 9.59 Å². The van der Waals surface area contributed by atoms with Crippen LogP contribution in [0.25, 0.3) is 0 Å². The number of nitrogens with zero attached hydrogens (tertiary/aromatic N) is 1. The van der Waals surface area contributed by atoms with Gasteiger partial charge in [-0.3, -0.25) is 9.59 Å². The van der Waals surface area contributed by atoms with Crippen molar-refractivity contribution in [3.63, 3.8) is 0 Å². The maximum Gasteiger partial charge on any atom is 0.246 e. The van der Waals surface area contributed by atoms with Crippen molar-refractivity contribution < 1.29 is 9.59 Å². The molecular formula is C6H10N2O2. The predicted octanol–water partition coefficient (Wildman–Crippen LogP) is -0.884. The molecule has 4 nitrogen and oxygen atoms in total. The van der Waals surface area contributed by atoms with E-state index < -0.39 is 5.91 Å². The molecule has 10 heavy (non-hydrogen) atoms. The normalized spacial score (nSPS) is 9.80. The molecule has 2 amide bonds. The van der Waals surface area contributed by atoms with Gasteiger partial charge in [0.15, 0.2) is 0 Å². The number of carbonyl (C=O) groups excluding carboxylic acids is 2. The van der Waals surface area contributed by atoms with Gasteiger partial charge in [-0.05, 0) is 0 Å². The molecule has 0 atom stereocenters. The molecular weight excluding hydrogens is 132 g/mol. The summed E-state index contributed by atoms with van der Waals surface area (Å²) in [4.78, 5) is 22.1. The van der Waals surface area contributed by atoms with E-state index in [1.54, 1.807) is 14.1 Å². The van der Waals surface area contributed by atoms with Crippen LogP contribution in [0.2, 0.25) is 0 Å². The van der Waals surface area contributed by atoms with E-state index in [4.69, 9.17) is 5.73 Å². The van der Waals surface area contributed by atoms with Crippen LogP contribution in [0.5, 0.6) is 0 Å². The summed E-state index contributed by atoms with van der Waals surface area (Å²) in [6, 6.07) is 0. The van der Waals surface area contributed by atoms with Gasteiger partial charge in [0.2, 0.25) is 11.8 Å². The number of nitrogens with two attached hydrogens (primary N) is 1. The van der Waals surface area contributed by atoms with E-state index in [-0.39, 0.29) is 5.91 Å². The molecule has 0 rings (SSSR count). The molecule has 0 heterocycles. The summed E-state index contributed by atoms with van der Waals surface area (Å²) >= 11 is 0. The summed E-state index contributed by atoms with van der Waals surface area (Å²) in [6.45, 7) is 0. The van der Waals surface area contributed by atoms with Crippen molar-refractivity contribution in [1.29, 1.82) is 0 Å². The van der Waals surface area contributed by atoms with Gasteiger partial charge in [0.1, 0.15) is 0 Å². The van der Waals surface area contributed by atoms with E-state index in [0.29, 0.717) is 0 Å². The first-order chi connectivity index (χ1) is 4.54. The summed E-state index contributed by atoms with van der Waals surface area (Å²) in [7, 11) is 3.18. The molecule has 0 aliphatic heterocycles. The number of likely N-dealkylation sites (N-methyl/N-ethyl adjacent to an activating group) is 1. The van der Waals surface area contributed by atoms with Crippen LogP contribution in [-0.2, 0) is 9.59 Å². The maximum atomic E-state index is 10.7. The van der Waals surface area contributed by atoms with Gasteiger partial charge in [-0.15, -0.1) is 0 Å². The maximum absolute atomic E-state index is 10.7. The zero-order valence-corrected chi connectivity index (χ0v) is 6.00. The van der Waals surface area contributed by atoms with Crippen molar-refractivity contribution in [3.05, 3.63) is 12.2 Å². The summed E-state index contributed by atoms with van der Waals surface area (Å²) in [6.07, 6.45) is 2.16. The molecule has 0 fully saturated rings. The Hall–Kier alpha value is -1.32. The lowest BCUT2D eigenvalue weighted by molar-refractivity contribution is -0.124. The number of hydrogen-bond donors (Lipinski definition) is 1. The van der Waals surface area contributed by atoms with Gasteiger partial charge in [-0.2, -0.15) is 0 Å². The Labute approximate surface area is 59.3 Å². The van der Waals surface area contributed by atoms with E-state index >= 15 is 0 Å². The third-order valence-corrected chi connectivity index (χ3v) is 0.831. The first-order valence-electron chi connectivity index (χ1n) is 2.73. The van der Waals surface area contributed by atoms with Crippen LogP contribution in [0.4, 0.5) is 0 Å². The quantitative estimate of drug-likeness (QED) is 0.509. The van der Waals surface area contributed by atoms with Crippen LogP contribution < -0.4 is 5.73 Å². The highest BCUT2D eigenvalue weighted by molar-refractivity contribution is 5.95. The summed E-state index contributed by atoms with van der Waals surface area (Å²) in [5.41, 5.74) is 4.74. The standard InChI is InChI=1S/C6H10N2O2/c1-8(2)6(10)4-3-5(7)9/h3-4H,1-2H3,(H2,7,9)/b4-3-. The molecule has 0 aliphatic carbocycles. The minimum Gasteiger partial charge on any atom is -0.366 e. The number of amides is 2. The van der Waals surface area contributed by atoms with Crippen LogP contribution in [0.1, 0.15) is 0 Å². The smallest absolute Gasteiger partial charge is 0.246 e. The molecule has 0 aromatic heterocycles. The van der Waals surface area contributed by atoms with E-state index in [1.165, 1.54) is 4.90 Å². The van der Waals surface area contributed by atoms with Crippen molar-refractivity contribution in [1.82, 2.24) is 4.90 Å². The third kappa shape index (κ3) is 3.65. The Kier molecular flexibility index (Phi) is 3.17. The molecule has 0 saturated carbocycles. The fourth-order valence-corrected chi connectivity index (χ4v) is 0.302. The minimum atomic E-state index is -0.616. The van der Waals surface area contributed by atoms with E-state index in [0.717, 1.165) is 12.2 Å². The van der Waals surface area contributed by atoms with Gasteiger partial charge in [0, 0.05) is 26.2 Å². The van der Waals surface area contributed by atoms with Crippen LogP contribution in [0.3, 0.4) is 0 Å². The van der Waals surface area contributed by atoms with Crippen molar-refractivity contribution in [3.8, 4) is 0 Å². The monoisotopic (exact) mass is 142 g/mol. The number of carbonyl (C=O) groups is 2. The molecule has 56 valence electrons. The fraction of sp³-hybridized carbons (Fsp3) is 0.333. The first kappa shape index (κ1) is 8.68. The third-order valence-electron chi connectivity index (χ3n) is 0.831. The van der Waals surface area contributed by atoms with Gasteiger partial charge in [-0.25, -0.2) is 0 Å². The SMILES string of the molecule is CN(C)C(=O)/C=C\C(N)=O. The van der Waals surface area contributed by atoms with Crippen LogP contribution in [-0.4, -0.2) is 30.8 Å². The van der Waals surface area contributed by atoms with Crippen molar-refractivity contribution in [2.45, 2.75) is 0 Å². The summed E-state index contributed by atoms with van der Waals surface area (Å²) in [5.74, 6) is -0.867. The summed E-state index contributed by atoms with van der Waals surface area (Å²) < 4.78 is 0. The second kappa shape index (κ2) is 3.66. The van der Waals surface area contributed by atoms with Crippen LogP contribution >= 0.6 is 0 Å². The number of primary amides is 1. The molecule has 0 aromatic rings. The molecule has 0 spiro atoms. The molecule has 0 aliphatic rings. The molecule has 0 aromatic carbocycles. The molecule has 0 unspecified atom stereocenters. The van der Waals surface area contributed by atoms with Gasteiger partial charge in [-0.1, -0.05) is 0 Å². The van der Waals surface area contributed by atoms with Gasteiger partial charge >= 0.3 is 0 Å². The largest absolute Gasteiger partial charge is 0.366 e. The fourth-order valence-electron chi connectivity index (χ4n) is 0.302. The Morgan fingerprint density at radius 1 is 1.30 bits per heavy atom. The predicted molar refractivity (Wildman–Crippen MR) is 37.0 cm³/mol. The Morgan fingerprint density at radius 3 is 2.10 bits per heavy atom. The second-order valence-corrected chi connectivity index (χ2v) is 1.97. The average Bonchev–Trinajstić information content (AvgIpc) is 1.82. The average molecular weight is 142 g/mol. The molecule has 2 N–H and O–H groups in total. The van der Waals surface area contributed by atoms with Crippen molar-refractivity contribution in [2.75, 3.05) is 14.1 Å². The highest BCUT2D eigenvalue weighted by atomic mass is 16.2. The Bertz CT molecular complexity index is 173. The molecule has 0 saturated heterocycles. The molecule has 4 heteroatoms. The minimum absolute atomic E-state index is 0.251. The number of hydrogen-bond acceptors (Lipinski definition) is 2.